The fourth-order valence-corrected chi connectivity index (χ4v) is 3.92. The molecule has 0 aromatic rings. The zero-order valence-electron chi connectivity index (χ0n) is 13.9. The molecule has 2 aliphatic rings. The van der Waals surface area contributed by atoms with Crippen LogP contribution in [-0.2, 0) is 9.53 Å². The standard InChI is InChI=1S/C17H32N2O2/c1-3-18-13-9-17(10-14-18,15-16(20)21-4-2)19-11-7-5-6-8-12-19/h3-15H2,1-2H3. The lowest BCUT2D eigenvalue weighted by Gasteiger charge is -2.48. The number of hydrogen-bond acceptors (Lipinski definition) is 4. The van der Waals surface area contributed by atoms with Crippen molar-refractivity contribution in [3.63, 3.8) is 0 Å². The number of piperidine rings is 1. The van der Waals surface area contributed by atoms with Gasteiger partial charge in [0, 0.05) is 5.54 Å². The Morgan fingerprint density at radius 3 is 2.14 bits per heavy atom. The molecule has 0 spiro atoms. The lowest BCUT2D eigenvalue weighted by molar-refractivity contribution is -0.148. The van der Waals surface area contributed by atoms with Crippen LogP contribution < -0.4 is 0 Å². The van der Waals surface area contributed by atoms with Crippen LogP contribution in [0.25, 0.3) is 0 Å². The summed E-state index contributed by atoms with van der Waals surface area (Å²) >= 11 is 0. The zero-order chi connectivity index (χ0) is 15.1. The summed E-state index contributed by atoms with van der Waals surface area (Å²) in [6, 6.07) is 0. The Morgan fingerprint density at radius 2 is 1.62 bits per heavy atom. The van der Waals surface area contributed by atoms with Crippen LogP contribution in [0.2, 0.25) is 0 Å². The van der Waals surface area contributed by atoms with E-state index in [0.29, 0.717) is 13.0 Å². The van der Waals surface area contributed by atoms with Gasteiger partial charge >= 0.3 is 5.97 Å². The van der Waals surface area contributed by atoms with Crippen LogP contribution in [0.1, 0.15) is 58.8 Å². The normalized spacial score (nSPS) is 24.5. The number of carbonyl (C=O) groups excluding carboxylic acids is 1. The molecule has 0 amide bonds. The van der Waals surface area contributed by atoms with Crippen LogP contribution >= 0.6 is 0 Å². The molecule has 2 fully saturated rings. The lowest BCUT2D eigenvalue weighted by atomic mass is 9.82. The molecule has 0 bridgehead atoms. The van der Waals surface area contributed by atoms with Gasteiger partial charge in [0.15, 0.2) is 0 Å². The number of ether oxygens (including phenoxy) is 1. The highest BCUT2D eigenvalue weighted by Crippen LogP contribution is 2.34. The summed E-state index contributed by atoms with van der Waals surface area (Å²) < 4.78 is 5.27. The SMILES string of the molecule is CCOC(=O)CC1(N2CCCCCC2)CCN(CC)CC1. The highest BCUT2D eigenvalue weighted by molar-refractivity contribution is 5.71. The minimum absolute atomic E-state index is 0.00769. The number of rotatable bonds is 5. The van der Waals surface area contributed by atoms with Crippen molar-refractivity contribution in [3.05, 3.63) is 0 Å². The summed E-state index contributed by atoms with van der Waals surface area (Å²) in [7, 11) is 0. The Balaban J connectivity index is 2.07. The van der Waals surface area contributed by atoms with Gasteiger partial charge in [0.2, 0.25) is 0 Å². The molecule has 122 valence electrons. The monoisotopic (exact) mass is 296 g/mol. The molecule has 4 nitrogen and oxygen atoms in total. The summed E-state index contributed by atoms with van der Waals surface area (Å²) in [5, 5.41) is 0. The zero-order valence-corrected chi connectivity index (χ0v) is 13.9. The fourth-order valence-electron chi connectivity index (χ4n) is 3.92. The van der Waals surface area contributed by atoms with Gasteiger partial charge in [-0.3, -0.25) is 9.69 Å². The van der Waals surface area contributed by atoms with E-state index in [1.807, 2.05) is 6.92 Å². The van der Waals surface area contributed by atoms with Gasteiger partial charge in [0.1, 0.15) is 0 Å². The van der Waals surface area contributed by atoms with Crippen LogP contribution in [0.5, 0.6) is 0 Å². The van der Waals surface area contributed by atoms with Gasteiger partial charge in [-0.1, -0.05) is 19.8 Å². The Labute approximate surface area is 129 Å². The molecule has 0 saturated carbocycles. The molecule has 0 radical (unpaired) electrons. The average Bonchev–Trinajstić information content (AvgIpc) is 2.78. The third kappa shape index (κ3) is 4.43. The van der Waals surface area contributed by atoms with Gasteiger partial charge in [-0.25, -0.2) is 0 Å². The van der Waals surface area contributed by atoms with Crippen LogP contribution in [0.15, 0.2) is 0 Å². The van der Waals surface area contributed by atoms with Crippen molar-refractivity contribution in [3.8, 4) is 0 Å². The Morgan fingerprint density at radius 1 is 1.00 bits per heavy atom. The first-order valence-corrected chi connectivity index (χ1v) is 8.83. The minimum atomic E-state index is -0.00769. The highest BCUT2D eigenvalue weighted by Gasteiger charge is 2.41. The van der Waals surface area contributed by atoms with E-state index in [1.165, 1.54) is 25.7 Å². The molecule has 4 heteroatoms. The van der Waals surface area contributed by atoms with Crippen molar-refractivity contribution in [1.29, 1.82) is 0 Å². The summed E-state index contributed by atoms with van der Waals surface area (Å²) in [6.45, 7) is 10.3. The minimum Gasteiger partial charge on any atom is -0.466 e. The largest absolute Gasteiger partial charge is 0.466 e. The maximum Gasteiger partial charge on any atom is 0.307 e. The second-order valence-corrected chi connectivity index (χ2v) is 6.54. The molecule has 2 aliphatic heterocycles. The van der Waals surface area contributed by atoms with E-state index >= 15 is 0 Å². The smallest absolute Gasteiger partial charge is 0.307 e. The second-order valence-electron chi connectivity index (χ2n) is 6.54. The number of carbonyl (C=O) groups is 1. The summed E-state index contributed by atoms with van der Waals surface area (Å²) in [4.78, 5) is 17.3. The molecule has 0 atom stereocenters. The predicted octanol–water partition coefficient (Wildman–Crippen LogP) is 2.67. The summed E-state index contributed by atoms with van der Waals surface area (Å²) in [5.41, 5.74) is 0.0578. The summed E-state index contributed by atoms with van der Waals surface area (Å²) in [5.74, 6) is -0.00769. The van der Waals surface area contributed by atoms with Crippen molar-refractivity contribution >= 4 is 5.97 Å². The number of likely N-dealkylation sites (tertiary alicyclic amines) is 2. The molecule has 0 aliphatic carbocycles. The van der Waals surface area contributed by atoms with Gasteiger partial charge in [-0.05, 0) is 65.3 Å². The Hall–Kier alpha value is -0.610. The predicted molar refractivity (Wildman–Crippen MR) is 85.4 cm³/mol. The number of hydrogen-bond donors (Lipinski definition) is 0. The van der Waals surface area contributed by atoms with Crippen LogP contribution in [0.4, 0.5) is 0 Å². The first-order valence-electron chi connectivity index (χ1n) is 8.83. The fraction of sp³-hybridized carbons (Fsp3) is 0.941. The first kappa shape index (κ1) is 16.8. The number of nitrogens with zero attached hydrogens (tertiary/aromatic N) is 2. The van der Waals surface area contributed by atoms with Crippen molar-refractivity contribution in [1.82, 2.24) is 9.80 Å². The molecule has 0 aromatic carbocycles. The third-order valence-electron chi connectivity index (χ3n) is 5.29. The van der Waals surface area contributed by atoms with E-state index in [0.717, 1.165) is 45.6 Å². The Bertz CT molecular complexity index is 317. The average molecular weight is 296 g/mol. The lowest BCUT2D eigenvalue weighted by Crippen LogP contribution is -2.56. The molecule has 21 heavy (non-hydrogen) atoms. The maximum absolute atomic E-state index is 12.1. The quantitative estimate of drug-likeness (QED) is 0.730. The molecule has 2 heterocycles. The van der Waals surface area contributed by atoms with Gasteiger partial charge in [-0.2, -0.15) is 0 Å². The molecule has 2 rings (SSSR count). The van der Waals surface area contributed by atoms with E-state index in [-0.39, 0.29) is 11.5 Å². The molecule has 0 unspecified atom stereocenters. The number of esters is 1. The van der Waals surface area contributed by atoms with Crippen molar-refractivity contribution in [2.75, 3.05) is 39.3 Å². The van der Waals surface area contributed by atoms with Crippen LogP contribution in [-0.4, -0.2) is 60.6 Å². The Kier molecular flexibility index (Phi) is 6.49. The van der Waals surface area contributed by atoms with Gasteiger partial charge < -0.3 is 9.64 Å². The molecule has 2 saturated heterocycles. The van der Waals surface area contributed by atoms with Crippen LogP contribution in [0, 0.1) is 0 Å². The van der Waals surface area contributed by atoms with E-state index < -0.39 is 0 Å². The van der Waals surface area contributed by atoms with Crippen molar-refractivity contribution in [2.24, 2.45) is 0 Å². The molecular formula is C17H32N2O2. The van der Waals surface area contributed by atoms with Gasteiger partial charge in [-0.15, -0.1) is 0 Å². The van der Waals surface area contributed by atoms with E-state index in [9.17, 15) is 4.79 Å². The second kappa shape index (κ2) is 8.14. The van der Waals surface area contributed by atoms with Crippen molar-refractivity contribution in [2.45, 2.75) is 64.3 Å². The highest BCUT2D eigenvalue weighted by atomic mass is 16.5. The van der Waals surface area contributed by atoms with E-state index in [1.54, 1.807) is 0 Å². The molecule has 0 N–H and O–H groups in total. The summed E-state index contributed by atoms with van der Waals surface area (Å²) in [6.07, 6.45) is 8.04. The topological polar surface area (TPSA) is 32.8 Å². The van der Waals surface area contributed by atoms with Gasteiger partial charge in [0.25, 0.3) is 0 Å². The van der Waals surface area contributed by atoms with Crippen LogP contribution in [0.3, 0.4) is 0 Å². The van der Waals surface area contributed by atoms with Crippen molar-refractivity contribution < 1.29 is 9.53 Å². The molecular weight excluding hydrogens is 264 g/mol. The van der Waals surface area contributed by atoms with E-state index in [2.05, 4.69) is 16.7 Å². The molecule has 0 aromatic heterocycles. The third-order valence-corrected chi connectivity index (χ3v) is 5.29. The van der Waals surface area contributed by atoms with E-state index in [4.69, 9.17) is 4.74 Å². The first-order chi connectivity index (χ1) is 10.2. The maximum atomic E-state index is 12.1. The van der Waals surface area contributed by atoms with Gasteiger partial charge in [0.05, 0.1) is 13.0 Å².